The molecule has 0 unspecified atom stereocenters. The van der Waals surface area contributed by atoms with E-state index in [1.807, 2.05) is 6.92 Å². The fourth-order valence-corrected chi connectivity index (χ4v) is 2.45. The number of carbonyl (C=O) groups is 1. The van der Waals surface area contributed by atoms with Gasteiger partial charge in [-0.15, -0.1) is 5.10 Å². The molecule has 106 valence electrons. The zero-order valence-corrected chi connectivity index (χ0v) is 11.2. The van der Waals surface area contributed by atoms with Crippen molar-refractivity contribution < 1.29 is 18.3 Å². The second kappa shape index (κ2) is 5.25. The lowest BCUT2D eigenvalue weighted by Crippen LogP contribution is -2.22. The number of sulfonamides is 1. The van der Waals surface area contributed by atoms with Gasteiger partial charge in [-0.1, -0.05) is 6.07 Å². The Labute approximate surface area is 114 Å². The van der Waals surface area contributed by atoms with Gasteiger partial charge in [0.1, 0.15) is 6.33 Å². The fourth-order valence-electron chi connectivity index (χ4n) is 1.57. The average molecular weight is 297 g/mol. The molecule has 1 aromatic heterocycles. The van der Waals surface area contributed by atoms with Crippen molar-refractivity contribution in [1.82, 2.24) is 20.2 Å². The van der Waals surface area contributed by atoms with Crippen molar-refractivity contribution in [2.75, 3.05) is 10.5 Å². The van der Waals surface area contributed by atoms with Crippen LogP contribution in [-0.2, 0) is 14.8 Å². The molecule has 2 rings (SSSR count). The summed E-state index contributed by atoms with van der Waals surface area (Å²) in [6, 6.07) is 4.73. The van der Waals surface area contributed by atoms with Gasteiger partial charge in [0.25, 0.3) is 0 Å². The number of nitrogens with zero attached hydrogens (tertiary/aromatic N) is 4. The molecule has 0 radical (unpaired) electrons. The Balaban J connectivity index is 2.31. The number of aliphatic carboxylic acids is 1. The molecule has 0 aliphatic carbocycles. The molecule has 10 heteroatoms. The van der Waals surface area contributed by atoms with Crippen LogP contribution in [0.1, 0.15) is 5.56 Å². The van der Waals surface area contributed by atoms with Crippen molar-refractivity contribution in [2.24, 2.45) is 0 Å². The van der Waals surface area contributed by atoms with E-state index in [9.17, 15) is 13.2 Å². The van der Waals surface area contributed by atoms with E-state index < -0.39 is 21.7 Å². The summed E-state index contributed by atoms with van der Waals surface area (Å²) in [4.78, 5) is 10.5. The lowest BCUT2D eigenvalue weighted by atomic mass is 10.2. The van der Waals surface area contributed by atoms with Gasteiger partial charge in [0.05, 0.1) is 11.4 Å². The van der Waals surface area contributed by atoms with E-state index in [2.05, 4.69) is 20.2 Å². The highest BCUT2D eigenvalue weighted by molar-refractivity contribution is 7.93. The molecule has 20 heavy (non-hydrogen) atoms. The van der Waals surface area contributed by atoms with E-state index in [1.54, 1.807) is 6.07 Å². The van der Waals surface area contributed by atoms with Crippen LogP contribution in [0.3, 0.4) is 0 Å². The van der Waals surface area contributed by atoms with Gasteiger partial charge >= 0.3 is 5.97 Å². The fraction of sp³-hybridized carbons (Fsp3) is 0.200. The van der Waals surface area contributed by atoms with E-state index in [0.717, 1.165) is 5.56 Å². The molecule has 0 saturated carbocycles. The monoisotopic (exact) mass is 297 g/mol. The van der Waals surface area contributed by atoms with E-state index in [4.69, 9.17) is 5.11 Å². The quantitative estimate of drug-likeness (QED) is 0.782. The summed E-state index contributed by atoms with van der Waals surface area (Å²) in [5.74, 6) is -2.42. The van der Waals surface area contributed by atoms with Crippen LogP contribution in [0.25, 0.3) is 5.69 Å². The van der Waals surface area contributed by atoms with Crippen LogP contribution < -0.4 is 4.72 Å². The molecule has 9 nitrogen and oxygen atoms in total. The minimum Gasteiger partial charge on any atom is -0.480 e. The zero-order valence-electron chi connectivity index (χ0n) is 10.4. The van der Waals surface area contributed by atoms with Crippen LogP contribution in [0.5, 0.6) is 0 Å². The van der Waals surface area contributed by atoms with E-state index in [1.165, 1.54) is 23.1 Å². The largest absolute Gasteiger partial charge is 0.480 e. The predicted octanol–water partition coefficient (Wildman–Crippen LogP) is -0.203. The Morgan fingerprint density at radius 2 is 2.20 bits per heavy atom. The summed E-state index contributed by atoms with van der Waals surface area (Å²) in [5, 5.41) is 19.2. The van der Waals surface area contributed by atoms with Crippen molar-refractivity contribution in [2.45, 2.75) is 6.92 Å². The summed E-state index contributed by atoms with van der Waals surface area (Å²) in [6.45, 7) is 1.81. The third-order valence-corrected chi connectivity index (χ3v) is 3.57. The molecule has 0 aliphatic heterocycles. The minimum atomic E-state index is -3.94. The Morgan fingerprint density at radius 1 is 1.45 bits per heavy atom. The SMILES string of the molecule is Cc1ccc(NS(=O)(=O)CC(=O)O)cc1-n1cnnn1. The first kappa shape index (κ1) is 13.9. The number of carboxylic acid groups (broad SMARTS) is 1. The number of hydrogen-bond donors (Lipinski definition) is 2. The molecule has 0 fully saturated rings. The van der Waals surface area contributed by atoms with Gasteiger partial charge in [0, 0.05) is 0 Å². The lowest BCUT2D eigenvalue weighted by molar-refractivity contribution is -0.134. The Kier molecular flexibility index (Phi) is 3.66. The Bertz CT molecular complexity index is 726. The number of aromatic nitrogens is 4. The molecule has 0 atom stereocenters. The number of aryl methyl sites for hydroxylation is 1. The molecule has 1 aromatic carbocycles. The molecule has 0 aliphatic rings. The second-order valence-electron chi connectivity index (χ2n) is 4.01. The third kappa shape index (κ3) is 3.29. The minimum absolute atomic E-state index is 0.238. The second-order valence-corrected chi connectivity index (χ2v) is 5.73. The Hall–Kier alpha value is -2.49. The maximum atomic E-state index is 11.6. The first-order valence-electron chi connectivity index (χ1n) is 5.44. The topological polar surface area (TPSA) is 127 Å². The summed E-state index contributed by atoms with van der Waals surface area (Å²) < 4.78 is 26.7. The number of anilines is 1. The van der Waals surface area contributed by atoms with Crippen LogP contribution in [0, 0.1) is 6.92 Å². The summed E-state index contributed by atoms with van der Waals surface area (Å²) in [7, 11) is -3.94. The molecule has 0 saturated heterocycles. The van der Waals surface area contributed by atoms with Gasteiger partial charge in [0.15, 0.2) is 5.75 Å². The summed E-state index contributed by atoms with van der Waals surface area (Å²) in [5.41, 5.74) is 1.66. The number of hydrogen-bond acceptors (Lipinski definition) is 6. The molecular weight excluding hydrogens is 286 g/mol. The highest BCUT2D eigenvalue weighted by atomic mass is 32.2. The van der Waals surface area contributed by atoms with E-state index in [-0.39, 0.29) is 5.69 Å². The van der Waals surface area contributed by atoms with Gasteiger partial charge in [-0.3, -0.25) is 9.52 Å². The molecular formula is C10H11N5O4S. The van der Waals surface area contributed by atoms with Crippen LogP contribution in [-0.4, -0.2) is 45.5 Å². The standard InChI is InChI=1S/C10H11N5O4S/c1-7-2-3-8(12-20(18,19)5-10(16)17)4-9(7)15-6-11-13-14-15/h2-4,6,12H,5H2,1H3,(H,16,17). The van der Waals surface area contributed by atoms with Gasteiger partial charge in [-0.05, 0) is 35.0 Å². The van der Waals surface area contributed by atoms with Crippen molar-refractivity contribution in [3.05, 3.63) is 30.1 Å². The van der Waals surface area contributed by atoms with Gasteiger partial charge in [-0.25, -0.2) is 13.1 Å². The van der Waals surface area contributed by atoms with Crippen molar-refractivity contribution in [3.8, 4) is 5.69 Å². The van der Waals surface area contributed by atoms with Crippen LogP contribution in [0.15, 0.2) is 24.5 Å². The summed E-state index contributed by atoms with van der Waals surface area (Å²) in [6.07, 6.45) is 1.37. The van der Waals surface area contributed by atoms with E-state index in [0.29, 0.717) is 5.69 Å². The van der Waals surface area contributed by atoms with Crippen LogP contribution in [0.2, 0.25) is 0 Å². The lowest BCUT2D eigenvalue weighted by Gasteiger charge is -2.09. The van der Waals surface area contributed by atoms with E-state index >= 15 is 0 Å². The summed E-state index contributed by atoms with van der Waals surface area (Å²) >= 11 is 0. The maximum absolute atomic E-state index is 11.6. The molecule has 0 spiro atoms. The number of carboxylic acids is 1. The van der Waals surface area contributed by atoms with Crippen molar-refractivity contribution >= 4 is 21.7 Å². The molecule has 0 amide bonds. The smallest absolute Gasteiger partial charge is 0.320 e. The zero-order chi connectivity index (χ0) is 14.8. The van der Waals surface area contributed by atoms with Gasteiger partial charge in [0.2, 0.25) is 10.0 Å². The van der Waals surface area contributed by atoms with Gasteiger partial charge in [-0.2, -0.15) is 0 Å². The van der Waals surface area contributed by atoms with Gasteiger partial charge < -0.3 is 5.11 Å². The molecule has 0 bridgehead atoms. The number of nitrogens with one attached hydrogen (secondary N) is 1. The van der Waals surface area contributed by atoms with Crippen LogP contribution >= 0.6 is 0 Å². The molecule has 2 aromatic rings. The number of tetrazole rings is 1. The molecule has 2 N–H and O–H groups in total. The number of benzene rings is 1. The normalized spacial score (nSPS) is 11.2. The first-order chi connectivity index (χ1) is 9.37. The first-order valence-corrected chi connectivity index (χ1v) is 7.09. The third-order valence-electron chi connectivity index (χ3n) is 2.39. The Morgan fingerprint density at radius 3 is 2.80 bits per heavy atom. The predicted molar refractivity (Wildman–Crippen MR) is 68.9 cm³/mol. The highest BCUT2D eigenvalue weighted by Gasteiger charge is 2.16. The van der Waals surface area contributed by atoms with Crippen molar-refractivity contribution in [3.63, 3.8) is 0 Å². The molecule has 1 heterocycles. The highest BCUT2D eigenvalue weighted by Crippen LogP contribution is 2.19. The average Bonchev–Trinajstić information content (AvgIpc) is 2.83. The number of rotatable bonds is 5. The van der Waals surface area contributed by atoms with Crippen LogP contribution in [0.4, 0.5) is 5.69 Å². The maximum Gasteiger partial charge on any atom is 0.320 e. The van der Waals surface area contributed by atoms with Crippen molar-refractivity contribution in [1.29, 1.82) is 0 Å².